The second kappa shape index (κ2) is 6.09. The van der Waals surface area contributed by atoms with Gasteiger partial charge in [-0.25, -0.2) is 18.0 Å². The fourth-order valence-electron chi connectivity index (χ4n) is 1.86. The highest BCUT2D eigenvalue weighted by Gasteiger charge is 2.17. The minimum absolute atomic E-state index is 0.0132. The maximum Gasteiger partial charge on any atom is 0.335 e. The summed E-state index contributed by atoms with van der Waals surface area (Å²) in [4.78, 5) is 22.0. The lowest BCUT2D eigenvalue weighted by Gasteiger charge is -2.10. The van der Waals surface area contributed by atoms with E-state index < -0.39 is 22.0 Å². The van der Waals surface area contributed by atoms with E-state index >= 15 is 0 Å². The van der Waals surface area contributed by atoms with Crippen molar-refractivity contribution in [2.24, 2.45) is 0 Å². The van der Waals surface area contributed by atoms with Gasteiger partial charge in [0, 0.05) is 0 Å². The Morgan fingerprint density at radius 1 is 0.913 bits per heavy atom. The first-order valence-electron chi connectivity index (χ1n) is 6.40. The first-order chi connectivity index (χ1) is 10.7. The van der Waals surface area contributed by atoms with Crippen molar-refractivity contribution in [2.75, 3.05) is 4.72 Å². The van der Waals surface area contributed by atoms with Crippen molar-refractivity contribution in [2.45, 2.75) is 11.8 Å². The summed E-state index contributed by atoms with van der Waals surface area (Å²) in [6, 6.07) is 9.10. The van der Waals surface area contributed by atoms with Crippen molar-refractivity contribution in [1.29, 1.82) is 0 Å². The number of nitrogens with one attached hydrogen (secondary N) is 1. The number of hydrogen-bond acceptors (Lipinski definition) is 4. The largest absolute Gasteiger partial charge is 0.478 e. The predicted molar refractivity (Wildman–Crippen MR) is 82.3 cm³/mol. The van der Waals surface area contributed by atoms with Crippen LogP contribution in [0.4, 0.5) is 5.69 Å². The molecule has 0 aliphatic heterocycles. The van der Waals surface area contributed by atoms with E-state index in [-0.39, 0.29) is 21.7 Å². The first-order valence-corrected chi connectivity index (χ1v) is 7.88. The minimum Gasteiger partial charge on any atom is -0.478 e. The van der Waals surface area contributed by atoms with E-state index in [2.05, 4.69) is 4.72 Å². The van der Waals surface area contributed by atoms with Crippen LogP contribution in [0.1, 0.15) is 26.3 Å². The van der Waals surface area contributed by atoms with Crippen LogP contribution in [0, 0.1) is 6.92 Å². The van der Waals surface area contributed by atoms with Gasteiger partial charge in [0.05, 0.1) is 21.7 Å². The Morgan fingerprint density at radius 2 is 1.39 bits per heavy atom. The molecule has 23 heavy (non-hydrogen) atoms. The second-order valence-electron chi connectivity index (χ2n) is 4.83. The van der Waals surface area contributed by atoms with Gasteiger partial charge in [-0.15, -0.1) is 0 Å². The van der Waals surface area contributed by atoms with E-state index in [1.165, 1.54) is 12.1 Å². The SMILES string of the molecule is Cc1ccc(S(=O)(=O)Nc2cc(C(=O)O)cc(C(=O)O)c2)cc1. The first kappa shape index (κ1) is 16.5. The van der Waals surface area contributed by atoms with Crippen molar-refractivity contribution in [3.05, 3.63) is 59.2 Å². The zero-order valence-electron chi connectivity index (χ0n) is 12.0. The highest BCUT2D eigenvalue weighted by molar-refractivity contribution is 7.92. The molecule has 8 heteroatoms. The summed E-state index contributed by atoms with van der Waals surface area (Å²) in [6.45, 7) is 1.80. The normalized spacial score (nSPS) is 11.0. The summed E-state index contributed by atoms with van der Waals surface area (Å²) in [5.41, 5.74) is 0.0888. The zero-order valence-corrected chi connectivity index (χ0v) is 12.8. The molecule has 0 aliphatic carbocycles. The topological polar surface area (TPSA) is 121 Å². The van der Waals surface area contributed by atoms with E-state index in [0.717, 1.165) is 23.8 Å². The van der Waals surface area contributed by atoms with Gasteiger partial charge in [0.1, 0.15) is 0 Å². The van der Waals surface area contributed by atoms with Crippen LogP contribution in [0.2, 0.25) is 0 Å². The Balaban J connectivity index is 2.44. The third-order valence-corrected chi connectivity index (χ3v) is 4.41. The monoisotopic (exact) mass is 335 g/mol. The number of aromatic carboxylic acids is 2. The van der Waals surface area contributed by atoms with Gasteiger partial charge in [-0.3, -0.25) is 4.72 Å². The van der Waals surface area contributed by atoms with E-state index in [0.29, 0.717) is 0 Å². The van der Waals surface area contributed by atoms with E-state index in [9.17, 15) is 18.0 Å². The molecule has 0 atom stereocenters. The van der Waals surface area contributed by atoms with Gasteiger partial charge >= 0.3 is 11.9 Å². The number of carbonyl (C=O) groups is 2. The molecule has 0 bridgehead atoms. The van der Waals surface area contributed by atoms with Crippen molar-refractivity contribution < 1.29 is 28.2 Å². The standard InChI is InChI=1S/C15H13NO6S/c1-9-2-4-13(5-3-9)23(21,22)16-12-7-10(14(17)18)6-11(8-12)15(19)20/h2-8,16H,1H3,(H,17,18)(H,19,20). The molecule has 7 nitrogen and oxygen atoms in total. The van der Waals surface area contributed by atoms with Gasteiger partial charge in [0.2, 0.25) is 0 Å². The van der Waals surface area contributed by atoms with Gasteiger partial charge in [0.15, 0.2) is 0 Å². The molecule has 2 aromatic carbocycles. The Bertz CT molecular complexity index is 839. The van der Waals surface area contributed by atoms with Crippen LogP contribution in [0.3, 0.4) is 0 Å². The molecule has 0 aliphatic rings. The molecule has 0 fully saturated rings. The average molecular weight is 335 g/mol. The summed E-state index contributed by atoms with van der Waals surface area (Å²) < 4.78 is 26.7. The number of aryl methyl sites for hydroxylation is 1. The summed E-state index contributed by atoms with van der Waals surface area (Å²) in [7, 11) is -3.95. The summed E-state index contributed by atoms with van der Waals surface area (Å²) in [5, 5.41) is 18.0. The summed E-state index contributed by atoms with van der Waals surface area (Å²) in [6.07, 6.45) is 0. The third kappa shape index (κ3) is 3.86. The molecule has 0 unspecified atom stereocenters. The number of anilines is 1. The molecule has 0 heterocycles. The van der Waals surface area contributed by atoms with Crippen LogP contribution in [-0.4, -0.2) is 30.6 Å². The van der Waals surface area contributed by atoms with E-state index in [4.69, 9.17) is 10.2 Å². The molecule has 0 aromatic heterocycles. The molecule has 0 amide bonds. The molecule has 2 aromatic rings. The fraction of sp³-hybridized carbons (Fsp3) is 0.0667. The highest BCUT2D eigenvalue weighted by atomic mass is 32.2. The number of rotatable bonds is 5. The number of carboxylic acids is 2. The van der Waals surface area contributed by atoms with Gasteiger partial charge in [-0.2, -0.15) is 0 Å². The van der Waals surface area contributed by atoms with Crippen molar-refractivity contribution in [1.82, 2.24) is 0 Å². The Kier molecular flexibility index (Phi) is 4.37. The van der Waals surface area contributed by atoms with Gasteiger partial charge in [0.25, 0.3) is 10.0 Å². The molecular weight excluding hydrogens is 322 g/mol. The molecule has 3 N–H and O–H groups in total. The van der Waals surface area contributed by atoms with Crippen molar-refractivity contribution in [3.8, 4) is 0 Å². The number of benzene rings is 2. The number of sulfonamides is 1. The highest BCUT2D eigenvalue weighted by Crippen LogP contribution is 2.20. The quantitative estimate of drug-likeness (QED) is 0.770. The van der Waals surface area contributed by atoms with Crippen LogP contribution >= 0.6 is 0 Å². The summed E-state index contributed by atoms with van der Waals surface area (Å²) in [5.74, 6) is -2.72. The maximum atomic E-state index is 12.3. The molecule has 0 saturated heterocycles. The third-order valence-electron chi connectivity index (χ3n) is 3.01. The molecule has 0 saturated carbocycles. The van der Waals surface area contributed by atoms with Crippen LogP contribution in [0.15, 0.2) is 47.4 Å². The average Bonchev–Trinajstić information content (AvgIpc) is 2.46. The van der Waals surface area contributed by atoms with Gasteiger partial charge < -0.3 is 10.2 Å². The second-order valence-corrected chi connectivity index (χ2v) is 6.51. The van der Waals surface area contributed by atoms with Crippen molar-refractivity contribution >= 4 is 27.6 Å². The van der Waals surface area contributed by atoms with Gasteiger partial charge in [-0.1, -0.05) is 17.7 Å². The molecular formula is C15H13NO6S. The van der Waals surface area contributed by atoms with Crippen LogP contribution in [0.5, 0.6) is 0 Å². The molecule has 2 rings (SSSR count). The lowest BCUT2D eigenvalue weighted by molar-refractivity contribution is 0.0696. The number of hydrogen-bond donors (Lipinski definition) is 3. The van der Waals surface area contributed by atoms with E-state index in [1.54, 1.807) is 19.1 Å². The molecule has 0 spiro atoms. The predicted octanol–water partition coefficient (Wildman–Crippen LogP) is 2.19. The number of carboxylic acid groups (broad SMARTS) is 2. The van der Waals surface area contributed by atoms with Crippen LogP contribution in [0.25, 0.3) is 0 Å². The van der Waals surface area contributed by atoms with Gasteiger partial charge in [-0.05, 0) is 37.3 Å². The molecule has 120 valence electrons. The molecule has 0 radical (unpaired) electrons. The smallest absolute Gasteiger partial charge is 0.335 e. The van der Waals surface area contributed by atoms with Crippen LogP contribution < -0.4 is 4.72 Å². The van der Waals surface area contributed by atoms with E-state index in [1.807, 2.05) is 0 Å². The minimum atomic E-state index is -3.95. The fourth-order valence-corrected chi connectivity index (χ4v) is 2.91. The zero-order chi connectivity index (χ0) is 17.2. The Morgan fingerprint density at radius 3 is 1.83 bits per heavy atom. The van der Waals surface area contributed by atoms with Crippen LogP contribution in [-0.2, 0) is 10.0 Å². The Hall–Kier alpha value is -2.87. The lowest BCUT2D eigenvalue weighted by Crippen LogP contribution is -2.14. The Labute approximate surface area is 132 Å². The van der Waals surface area contributed by atoms with Crippen molar-refractivity contribution in [3.63, 3.8) is 0 Å². The summed E-state index contributed by atoms with van der Waals surface area (Å²) >= 11 is 0. The lowest BCUT2D eigenvalue weighted by atomic mass is 10.1. The maximum absolute atomic E-state index is 12.3.